The average molecular weight is 371 g/mol. The summed E-state index contributed by atoms with van der Waals surface area (Å²) in [5.41, 5.74) is 0.984. The van der Waals surface area contributed by atoms with Gasteiger partial charge in [0.15, 0.2) is 0 Å². The summed E-state index contributed by atoms with van der Waals surface area (Å²) >= 11 is 1.54. The van der Waals surface area contributed by atoms with Crippen LogP contribution in [-0.2, 0) is 4.79 Å². The summed E-state index contributed by atoms with van der Waals surface area (Å²) in [5, 5.41) is 14.7. The normalized spacial score (nSPS) is 17.7. The Morgan fingerprint density at radius 3 is 2.96 bits per heavy atom. The van der Waals surface area contributed by atoms with Crippen molar-refractivity contribution in [3.05, 3.63) is 35.5 Å². The minimum Gasteiger partial charge on any atom is -0.310 e. The number of anilines is 1. The maximum absolute atomic E-state index is 13.2. The van der Waals surface area contributed by atoms with Crippen LogP contribution < -0.4 is 5.32 Å². The number of rotatable bonds is 4. The first-order chi connectivity index (χ1) is 12.6. The summed E-state index contributed by atoms with van der Waals surface area (Å²) in [7, 11) is 0. The van der Waals surface area contributed by atoms with Crippen molar-refractivity contribution >= 4 is 33.8 Å². The van der Waals surface area contributed by atoms with Crippen molar-refractivity contribution in [2.24, 2.45) is 0 Å². The van der Waals surface area contributed by atoms with Crippen LogP contribution in [-0.4, -0.2) is 51.8 Å². The van der Waals surface area contributed by atoms with E-state index in [1.54, 1.807) is 6.20 Å². The van der Waals surface area contributed by atoms with Gasteiger partial charge < -0.3 is 5.32 Å². The number of carbonyl (C=O) groups is 1. The second kappa shape index (κ2) is 7.05. The Hall–Kier alpha value is -2.45. The van der Waals surface area contributed by atoms with Gasteiger partial charge in [0.05, 0.1) is 6.54 Å². The molecule has 1 aromatic carbocycles. The zero-order valence-corrected chi connectivity index (χ0v) is 15.1. The number of carbonyl (C=O) groups excluding carboxylic acids is 1. The Morgan fingerprint density at radius 2 is 2.23 bits per heavy atom. The van der Waals surface area contributed by atoms with Gasteiger partial charge in [-0.1, -0.05) is 23.5 Å². The molecule has 26 heavy (non-hydrogen) atoms. The van der Waals surface area contributed by atoms with E-state index in [1.165, 1.54) is 11.3 Å². The highest BCUT2D eigenvalue weighted by molar-refractivity contribution is 7.14. The van der Waals surface area contributed by atoms with Gasteiger partial charge in [0.2, 0.25) is 5.91 Å². The fraction of sp³-hybridized carbons (Fsp3) is 0.333. The minimum atomic E-state index is -0.830. The lowest BCUT2D eigenvalue weighted by molar-refractivity contribution is -0.117. The van der Waals surface area contributed by atoms with Crippen molar-refractivity contribution < 1.29 is 9.18 Å². The van der Waals surface area contributed by atoms with Crippen LogP contribution in [0, 0.1) is 6.92 Å². The fourth-order valence-corrected chi connectivity index (χ4v) is 3.76. The average Bonchev–Trinajstić information content (AvgIpc) is 3.22. The van der Waals surface area contributed by atoms with Crippen LogP contribution in [0.15, 0.2) is 30.5 Å². The number of nitrogens with zero attached hydrogens (tertiary/aromatic N) is 4. The largest absolute Gasteiger partial charge is 0.310 e. The van der Waals surface area contributed by atoms with Gasteiger partial charge in [-0.2, -0.15) is 0 Å². The van der Waals surface area contributed by atoms with Gasteiger partial charge in [-0.15, -0.1) is 10.2 Å². The van der Waals surface area contributed by atoms with Gasteiger partial charge in [-0.05, 0) is 30.9 Å². The minimum absolute atomic E-state index is 0.179. The second-order valence-corrected chi connectivity index (χ2v) is 7.61. The monoisotopic (exact) mass is 371 g/mol. The van der Waals surface area contributed by atoms with Crippen molar-refractivity contribution in [2.45, 2.75) is 19.5 Å². The number of amides is 1. The zero-order valence-electron chi connectivity index (χ0n) is 14.3. The molecule has 1 N–H and O–H groups in total. The van der Waals surface area contributed by atoms with Crippen molar-refractivity contribution in [2.75, 3.05) is 25.0 Å². The number of hydrogen-bond acceptors (Lipinski definition) is 6. The second-order valence-electron chi connectivity index (χ2n) is 6.43. The van der Waals surface area contributed by atoms with Gasteiger partial charge >= 0.3 is 0 Å². The summed E-state index contributed by atoms with van der Waals surface area (Å²) < 4.78 is 13.2. The number of hydrogen-bond donors (Lipinski definition) is 1. The topological polar surface area (TPSA) is 71.0 Å². The van der Waals surface area contributed by atoms with Crippen molar-refractivity contribution in [3.8, 4) is 10.6 Å². The number of nitrogens with one attached hydrogen (secondary N) is 1. The molecular formula is C18H18FN5OS. The molecule has 0 saturated carbocycles. The van der Waals surface area contributed by atoms with Crippen LogP contribution in [0.5, 0.6) is 0 Å². The van der Waals surface area contributed by atoms with E-state index in [1.807, 2.05) is 36.1 Å². The molecule has 134 valence electrons. The molecule has 1 unspecified atom stereocenters. The fourth-order valence-electron chi connectivity index (χ4n) is 3.07. The summed E-state index contributed by atoms with van der Waals surface area (Å²) in [5.74, 6) is 0.311. The third kappa shape index (κ3) is 3.71. The lowest BCUT2D eigenvalue weighted by Gasteiger charge is -2.14. The van der Waals surface area contributed by atoms with E-state index in [9.17, 15) is 9.18 Å². The molecule has 1 aliphatic heterocycles. The lowest BCUT2D eigenvalue weighted by atomic mass is 10.1. The van der Waals surface area contributed by atoms with E-state index in [0.717, 1.165) is 26.4 Å². The van der Waals surface area contributed by atoms with Crippen LogP contribution in [0.2, 0.25) is 0 Å². The molecule has 0 aliphatic carbocycles. The number of fused-ring (bicyclic) bond motifs is 1. The van der Waals surface area contributed by atoms with Crippen molar-refractivity contribution in [3.63, 3.8) is 0 Å². The number of likely N-dealkylation sites (tertiary alicyclic amines) is 1. The van der Waals surface area contributed by atoms with Crippen LogP contribution in [0.4, 0.5) is 10.2 Å². The molecule has 3 heterocycles. The van der Waals surface area contributed by atoms with E-state index in [0.29, 0.717) is 25.3 Å². The van der Waals surface area contributed by atoms with E-state index >= 15 is 0 Å². The van der Waals surface area contributed by atoms with Gasteiger partial charge in [0, 0.05) is 30.2 Å². The smallest absolute Gasteiger partial charge is 0.239 e. The number of alkyl halides is 1. The highest BCUT2D eigenvalue weighted by Crippen LogP contribution is 2.27. The maximum atomic E-state index is 13.2. The van der Waals surface area contributed by atoms with E-state index in [4.69, 9.17) is 0 Å². The Kier molecular flexibility index (Phi) is 4.60. The van der Waals surface area contributed by atoms with Crippen LogP contribution in [0.25, 0.3) is 21.3 Å². The van der Waals surface area contributed by atoms with Crippen molar-refractivity contribution in [1.29, 1.82) is 0 Å². The van der Waals surface area contributed by atoms with E-state index in [-0.39, 0.29) is 12.5 Å². The summed E-state index contributed by atoms with van der Waals surface area (Å²) in [4.78, 5) is 18.3. The van der Waals surface area contributed by atoms with Gasteiger partial charge in [-0.3, -0.25) is 9.69 Å². The molecule has 1 saturated heterocycles. The molecule has 1 fully saturated rings. The number of pyridine rings is 1. The number of halogens is 1. The molecule has 1 aliphatic rings. The molecule has 8 heteroatoms. The van der Waals surface area contributed by atoms with Crippen molar-refractivity contribution in [1.82, 2.24) is 20.1 Å². The molecule has 0 bridgehead atoms. The lowest BCUT2D eigenvalue weighted by Crippen LogP contribution is -2.32. The maximum Gasteiger partial charge on any atom is 0.239 e. The Labute approximate surface area is 154 Å². The number of aryl methyl sites for hydroxylation is 1. The van der Waals surface area contributed by atoms with Gasteiger partial charge in [0.25, 0.3) is 0 Å². The summed E-state index contributed by atoms with van der Waals surface area (Å²) in [6, 6.07) is 7.82. The predicted octanol–water partition coefficient (Wildman–Crippen LogP) is 3.04. The molecule has 2 aromatic heterocycles. The van der Waals surface area contributed by atoms with Crippen LogP contribution >= 0.6 is 11.3 Å². The summed E-state index contributed by atoms with van der Waals surface area (Å²) in [6.07, 6.45) is 1.40. The predicted molar refractivity (Wildman–Crippen MR) is 100.0 cm³/mol. The van der Waals surface area contributed by atoms with E-state index in [2.05, 4.69) is 20.5 Å². The quantitative estimate of drug-likeness (QED) is 0.763. The first-order valence-electron chi connectivity index (χ1n) is 8.43. The van der Waals surface area contributed by atoms with Gasteiger partial charge in [-0.25, -0.2) is 9.37 Å². The number of benzene rings is 1. The first kappa shape index (κ1) is 17.0. The Bertz CT molecular complexity index is 960. The molecule has 3 aromatic rings. The van der Waals surface area contributed by atoms with Gasteiger partial charge in [0.1, 0.15) is 22.0 Å². The Morgan fingerprint density at radius 1 is 1.35 bits per heavy atom. The molecule has 1 atom stereocenters. The Balaban J connectivity index is 1.51. The molecular weight excluding hydrogens is 353 g/mol. The zero-order chi connectivity index (χ0) is 18.1. The molecule has 4 rings (SSSR count). The first-order valence-corrected chi connectivity index (χ1v) is 9.25. The van der Waals surface area contributed by atoms with E-state index < -0.39 is 6.17 Å². The third-order valence-corrected chi connectivity index (χ3v) is 5.23. The molecule has 6 nitrogen and oxygen atoms in total. The molecule has 0 radical (unpaired) electrons. The highest BCUT2D eigenvalue weighted by atomic mass is 32.1. The SMILES string of the molecule is Cc1nnc(-c2ccc3cnc(NC(=O)CN4CCC(F)C4)cc3c2)s1. The van der Waals surface area contributed by atoms with Crippen LogP contribution in [0.1, 0.15) is 11.4 Å². The molecule has 1 amide bonds. The standard InChI is InChI=1S/C18H18FN5OS/c1-11-22-23-18(26-11)12-2-3-13-8-20-16(7-14(13)6-12)21-17(25)10-24-5-4-15(19)9-24/h2-3,6-8,15H,4-5,9-10H2,1H3,(H,20,21,25). The summed E-state index contributed by atoms with van der Waals surface area (Å²) in [6.45, 7) is 3.04. The van der Waals surface area contributed by atoms with Crippen LogP contribution in [0.3, 0.4) is 0 Å². The highest BCUT2D eigenvalue weighted by Gasteiger charge is 2.23. The molecule has 0 spiro atoms. The third-order valence-electron chi connectivity index (χ3n) is 4.34. The number of aromatic nitrogens is 3.